The van der Waals surface area contributed by atoms with Gasteiger partial charge >= 0.3 is 5.97 Å². The maximum absolute atomic E-state index is 11.4. The third kappa shape index (κ3) is 12.9. The van der Waals surface area contributed by atoms with Crippen LogP contribution in [-0.2, 0) is 14.3 Å². The van der Waals surface area contributed by atoms with E-state index in [1.54, 1.807) is 0 Å². The van der Waals surface area contributed by atoms with E-state index in [9.17, 15) is 4.79 Å². The molecule has 1 rings (SSSR count). The highest BCUT2D eigenvalue weighted by atomic mass is 16.6. The summed E-state index contributed by atoms with van der Waals surface area (Å²) in [4.78, 5) is 11.4. The van der Waals surface area contributed by atoms with Crippen LogP contribution in [0.2, 0.25) is 0 Å². The second kappa shape index (κ2) is 13.8. The van der Waals surface area contributed by atoms with Crippen molar-refractivity contribution >= 4 is 5.97 Å². The first-order valence-electron chi connectivity index (χ1n) is 9.25. The summed E-state index contributed by atoms with van der Waals surface area (Å²) in [5.74, 6) is -0.0680. The summed E-state index contributed by atoms with van der Waals surface area (Å²) >= 11 is 0. The lowest BCUT2D eigenvalue weighted by Gasteiger charge is -2.02. The third-order valence-corrected chi connectivity index (χ3v) is 3.98. The van der Waals surface area contributed by atoms with Gasteiger partial charge < -0.3 is 9.47 Å². The molecule has 0 aromatic heterocycles. The molecule has 1 aliphatic rings. The van der Waals surface area contributed by atoms with Crippen molar-refractivity contribution < 1.29 is 14.3 Å². The molecule has 0 bridgehead atoms. The molecular weight excluding hydrogens is 276 g/mol. The first-order chi connectivity index (χ1) is 10.8. The van der Waals surface area contributed by atoms with Crippen molar-refractivity contribution in [1.82, 2.24) is 0 Å². The van der Waals surface area contributed by atoms with Gasteiger partial charge in [0.1, 0.15) is 12.7 Å². The van der Waals surface area contributed by atoms with Gasteiger partial charge in [-0.2, -0.15) is 0 Å². The molecule has 1 saturated heterocycles. The number of epoxide rings is 1. The number of carbonyl (C=O) groups excluding carboxylic acids is 1. The molecule has 0 saturated carbocycles. The fourth-order valence-electron chi connectivity index (χ4n) is 2.41. The molecule has 0 radical (unpaired) electrons. The Morgan fingerprint density at radius 1 is 1.00 bits per heavy atom. The van der Waals surface area contributed by atoms with E-state index in [1.807, 2.05) is 0 Å². The first kappa shape index (κ1) is 19.2. The van der Waals surface area contributed by atoms with Gasteiger partial charge in [0.2, 0.25) is 0 Å². The molecule has 0 spiro atoms. The summed E-state index contributed by atoms with van der Waals surface area (Å²) in [5.41, 5.74) is 0. The molecule has 1 atom stereocenters. The third-order valence-electron chi connectivity index (χ3n) is 3.98. The molecule has 1 fully saturated rings. The fraction of sp³-hybridized carbons (Fsp3) is 0.842. The summed E-state index contributed by atoms with van der Waals surface area (Å²) in [5, 5.41) is 0. The molecule has 0 aromatic carbocycles. The minimum atomic E-state index is -0.0680. The second-order valence-corrected chi connectivity index (χ2v) is 6.27. The minimum absolute atomic E-state index is 0.0680. The molecule has 0 aromatic rings. The van der Waals surface area contributed by atoms with E-state index in [2.05, 4.69) is 19.1 Å². The van der Waals surface area contributed by atoms with Crippen LogP contribution in [0.1, 0.15) is 84.0 Å². The van der Waals surface area contributed by atoms with E-state index in [0.717, 1.165) is 19.4 Å². The van der Waals surface area contributed by atoms with Crippen LogP contribution in [0.4, 0.5) is 0 Å². The van der Waals surface area contributed by atoms with Crippen molar-refractivity contribution in [3.05, 3.63) is 12.2 Å². The zero-order chi connectivity index (χ0) is 15.9. The van der Waals surface area contributed by atoms with Crippen LogP contribution in [0, 0.1) is 0 Å². The topological polar surface area (TPSA) is 38.8 Å². The lowest BCUT2D eigenvalue weighted by molar-refractivity contribution is -0.144. The maximum atomic E-state index is 11.4. The van der Waals surface area contributed by atoms with Gasteiger partial charge in [-0.15, -0.1) is 0 Å². The minimum Gasteiger partial charge on any atom is -0.463 e. The number of rotatable bonds is 15. The van der Waals surface area contributed by atoms with Crippen LogP contribution in [0.5, 0.6) is 0 Å². The van der Waals surface area contributed by atoms with Gasteiger partial charge in [-0.25, -0.2) is 0 Å². The van der Waals surface area contributed by atoms with Crippen molar-refractivity contribution in [2.45, 2.75) is 90.1 Å². The van der Waals surface area contributed by atoms with E-state index < -0.39 is 0 Å². The Hall–Kier alpha value is -0.830. The monoisotopic (exact) mass is 310 g/mol. The van der Waals surface area contributed by atoms with Crippen molar-refractivity contribution in [2.24, 2.45) is 0 Å². The second-order valence-electron chi connectivity index (χ2n) is 6.27. The number of allylic oxidation sites excluding steroid dienone is 2. The van der Waals surface area contributed by atoms with Crippen LogP contribution in [0.25, 0.3) is 0 Å². The molecule has 128 valence electrons. The first-order valence-corrected chi connectivity index (χ1v) is 9.25. The zero-order valence-corrected chi connectivity index (χ0v) is 14.4. The average molecular weight is 310 g/mol. The highest BCUT2D eigenvalue weighted by Gasteiger charge is 2.23. The van der Waals surface area contributed by atoms with E-state index >= 15 is 0 Å². The number of carbonyl (C=O) groups is 1. The Balaban J connectivity index is 1.73. The lowest BCUT2D eigenvalue weighted by Crippen LogP contribution is -2.09. The smallest absolute Gasteiger partial charge is 0.305 e. The van der Waals surface area contributed by atoms with Crippen LogP contribution < -0.4 is 0 Å². The van der Waals surface area contributed by atoms with Crippen molar-refractivity contribution in [2.75, 3.05) is 13.2 Å². The van der Waals surface area contributed by atoms with Gasteiger partial charge in [0.05, 0.1) is 6.61 Å². The number of ether oxygens (including phenoxy) is 2. The molecule has 0 amide bonds. The molecule has 22 heavy (non-hydrogen) atoms. The Bertz CT molecular complexity index is 295. The molecule has 3 nitrogen and oxygen atoms in total. The predicted molar refractivity (Wildman–Crippen MR) is 90.9 cm³/mol. The van der Waals surface area contributed by atoms with Gasteiger partial charge in [-0.1, -0.05) is 57.6 Å². The van der Waals surface area contributed by atoms with E-state index in [0.29, 0.717) is 13.0 Å². The summed E-state index contributed by atoms with van der Waals surface area (Å²) in [6, 6.07) is 0. The fourth-order valence-corrected chi connectivity index (χ4v) is 2.41. The molecule has 0 unspecified atom stereocenters. The Labute approximate surface area is 136 Å². The van der Waals surface area contributed by atoms with Crippen LogP contribution in [-0.4, -0.2) is 25.3 Å². The van der Waals surface area contributed by atoms with Crippen molar-refractivity contribution in [1.29, 1.82) is 0 Å². The largest absolute Gasteiger partial charge is 0.463 e. The van der Waals surface area contributed by atoms with Gasteiger partial charge in [0.25, 0.3) is 0 Å². The Morgan fingerprint density at radius 3 is 2.23 bits per heavy atom. The van der Waals surface area contributed by atoms with Gasteiger partial charge in [0, 0.05) is 6.42 Å². The average Bonchev–Trinajstić information content (AvgIpc) is 3.34. The van der Waals surface area contributed by atoms with E-state index in [-0.39, 0.29) is 12.1 Å². The SMILES string of the molecule is CCCCCC/C=C\CCCCCCCC(=O)OC[C@H]1CO1. The Kier molecular flexibility index (Phi) is 12.1. The molecular formula is C19H34O3. The summed E-state index contributed by atoms with van der Waals surface area (Å²) in [7, 11) is 0. The standard InChI is InChI=1S/C19H34O3/c1-2-3-4-5-6-7-8-9-10-11-12-13-14-15-19(20)22-17-18-16-21-18/h7-8,18H,2-6,9-17H2,1H3/b8-7-/t18-/m1/s1. The van der Waals surface area contributed by atoms with Crippen molar-refractivity contribution in [3.63, 3.8) is 0 Å². The number of unbranched alkanes of at least 4 members (excludes halogenated alkanes) is 9. The van der Waals surface area contributed by atoms with E-state index in [4.69, 9.17) is 9.47 Å². The van der Waals surface area contributed by atoms with Gasteiger partial charge in [-0.05, 0) is 32.1 Å². The number of esters is 1. The predicted octanol–water partition coefficient (Wildman–Crippen LogP) is 5.19. The van der Waals surface area contributed by atoms with E-state index in [1.165, 1.54) is 57.8 Å². The van der Waals surface area contributed by atoms with Gasteiger partial charge in [-0.3, -0.25) is 4.79 Å². The molecule has 0 N–H and O–H groups in total. The highest BCUT2D eigenvalue weighted by Crippen LogP contribution is 2.11. The number of hydrogen-bond acceptors (Lipinski definition) is 3. The Morgan fingerprint density at radius 2 is 1.59 bits per heavy atom. The lowest BCUT2D eigenvalue weighted by atomic mass is 10.1. The summed E-state index contributed by atoms with van der Waals surface area (Å²) < 4.78 is 10.1. The molecule has 3 heteroatoms. The van der Waals surface area contributed by atoms with Crippen LogP contribution >= 0.6 is 0 Å². The summed E-state index contributed by atoms with van der Waals surface area (Å²) in [6.45, 7) is 3.45. The van der Waals surface area contributed by atoms with Crippen molar-refractivity contribution in [3.8, 4) is 0 Å². The van der Waals surface area contributed by atoms with Crippen LogP contribution in [0.3, 0.4) is 0 Å². The quantitative estimate of drug-likeness (QED) is 0.181. The van der Waals surface area contributed by atoms with Crippen LogP contribution in [0.15, 0.2) is 12.2 Å². The maximum Gasteiger partial charge on any atom is 0.305 e. The molecule has 1 heterocycles. The highest BCUT2D eigenvalue weighted by molar-refractivity contribution is 5.69. The molecule has 0 aliphatic carbocycles. The summed E-state index contributed by atoms with van der Waals surface area (Å²) in [6.07, 6.45) is 19.1. The zero-order valence-electron chi connectivity index (χ0n) is 14.4. The number of hydrogen-bond donors (Lipinski definition) is 0. The normalized spacial score (nSPS) is 17.0. The molecule has 1 aliphatic heterocycles. The van der Waals surface area contributed by atoms with Gasteiger partial charge in [0.15, 0.2) is 0 Å².